The molecule has 0 aliphatic carbocycles. The van der Waals surface area contributed by atoms with E-state index >= 15 is 0 Å². The zero-order chi connectivity index (χ0) is 21.3. The molecule has 1 aliphatic heterocycles. The molecule has 0 bridgehead atoms. The molecule has 3 aromatic rings. The highest BCUT2D eigenvalue weighted by atomic mass is 35.5. The molecule has 0 saturated carbocycles. The van der Waals surface area contributed by atoms with Gasteiger partial charge in [0.15, 0.2) is 0 Å². The second-order valence-corrected chi connectivity index (χ2v) is 7.09. The minimum Gasteiger partial charge on any atom is -0.350 e. The lowest BCUT2D eigenvalue weighted by molar-refractivity contribution is -0.137. The molecule has 150 valence electrons. The number of nitrogens with zero attached hydrogens (tertiary/aromatic N) is 1. The summed E-state index contributed by atoms with van der Waals surface area (Å²) >= 11 is 6.19. The van der Waals surface area contributed by atoms with Crippen LogP contribution in [-0.4, -0.2) is 16.7 Å². The lowest BCUT2D eigenvalue weighted by Gasteiger charge is -2.16. The molecular weight excluding hydrogens is 410 g/mol. The van der Waals surface area contributed by atoms with Crippen molar-refractivity contribution in [3.8, 4) is 0 Å². The summed E-state index contributed by atoms with van der Waals surface area (Å²) < 4.78 is 27.0. The van der Waals surface area contributed by atoms with Crippen molar-refractivity contribution in [3.63, 3.8) is 0 Å². The van der Waals surface area contributed by atoms with Gasteiger partial charge in [-0.2, -0.15) is 0 Å². The fraction of sp³-hybridized carbons (Fsp3) is 0.0435. The Labute approximate surface area is 176 Å². The number of anilines is 1. The molecular formula is C23H15ClF2N2O2. The van der Waals surface area contributed by atoms with E-state index in [2.05, 4.69) is 5.32 Å². The summed E-state index contributed by atoms with van der Waals surface area (Å²) in [6, 6.07) is 17.7. The first-order valence-corrected chi connectivity index (χ1v) is 9.44. The summed E-state index contributed by atoms with van der Waals surface area (Å²) in [6.07, 6.45) is 0. The number of hydrogen-bond acceptors (Lipinski definition) is 3. The van der Waals surface area contributed by atoms with Crippen LogP contribution in [0.2, 0.25) is 5.02 Å². The molecule has 4 rings (SSSR count). The van der Waals surface area contributed by atoms with Gasteiger partial charge in [-0.05, 0) is 47.5 Å². The number of nitrogens with one attached hydrogen (secondary N) is 1. The predicted octanol–water partition coefficient (Wildman–Crippen LogP) is 5.01. The van der Waals surface area contributed by atoms with E-state index in [9.17, 15) is 18.4 Å². The zero-order valence-corrected chi connectivity index (χ0v) is 16.3. The van der Waals surface area contributed by atoms with Gasteiger partial charge in [-0.25, -0.2) is 8.78 Å². The fourth-order valence-electron chi connectivity index (χ4n) is 3.23. The van der Waals surface area contributed by atoms with Crippen molar-refractivity contribution in [1.29, 1.82) is 0 Å². The second-order valence-electron chi connectivity index (χ2n) is 6.68. The highest BCUT2D eigenvalue weighted by Gasteiger charge is 2.39. The molecule has 1 aliphatic rings. The number of benzene rings is 3. The van der Waals surface area contributed by atoms with Gasteiger partial charge in [0.25, 0.3) is 11.8 Å². The third-order valence-corrected chi connectivity index (χ3v) is 5.05. The van der Waals surface area contributed by atoms with Crippen molar-refractivity contribution in [2.24, 2.45) is 0 Å². The molecule has 2 amide bonds. The van der Waals surface area contributed by atoms with Gasteiger partial charge >= 0.3 is 0 Å². The summed E-state index contributed by atoms with van der Waals surface area (Å²) in [5.41, 5.74) is 1.35. The molecule has 30 heavy (non-hydrogen) atoms. The topological polar surface area (TPSA) is 49.4 Å². The van der Waals surface area contributed by atoms with Gasteiger partial charge in [-0.1, -0.05) is 48.0 Å². The van der Waals surface area contributed by atoms with E-state index in [1.807, 2.05) is 0 Å². The quantitative estimate of drug-likeness (QED) is 0.586. The molecule has 1 heterocycles. The Bertz CT molecular complexity index is 1180. The fourth-order valence-corrected chi connectivity index (χ4v) is 3.42. The van der Waals surface area contributed by atoms with E-state index in [0.717, 1.165) is 4.90 Å². The minimum atomic E-state index is -0.580. The molecule has 7 heteroatoms. The Kier molecular flexibility index (Phi) is 5.33. The third-order valence-electron chi connectivity index (χ3n) is 4.68. The van der Waals surface area contributed by atoms with Crippen LogP contribution in [0, 0.1) is 11.6 Å². The Morgan fingerprint density at radius 2 is 1.57 bits per heavy atom. The summed E-state index contributed by atoms with van der Waals surface area (Å²) in [5.74, 6) is -2.09. The van der Waals surface area contributed by atoms with Crippen LogP contribution in [0.15, 0.2) is 78.5 Å². The van der Waals surface area contributed by atoms with Crippen LogP contribution in [0.3, 0.4) is 0 Å². The molecule has 0 radical (unpaired) electrons. The number of amides is 2. The molecule has 0 fully saturated rings. The van der Waals surface area contributed by atoms with Crippen molar-refractivity contribution >= 4 is 34.7 Å². The van der Waals surface area contributed by atoms with Crippen molar-refractivity contribution in [2.45, 2.75) is 6.54 Å². The molecule has 0 spiro atoms. The molecule has 1 N–H and O–H groups in total. The molecule has 0 aromatic heterocycles. The van der Waals surface area contributed by atoms with Gasteiger partial charge < -0.3 is 5.32 Å². The van der Waals surface area contributed by atoms with Crippen molar-refractivity contribution in [1.82, 2.24) is 4.90 Å². The van der Waals surface area contributed by atoms with Gasteiger partial charge in [0.2, 0.25) is 0 Å². The Balaban J connectivity index is 1.76. The number of halogens is 3. The smallest absolute Gasteiger partial charge is 0.278 e. The molecule has 3 aromatic carbocycles. The lowest BCUT2D eigenvalue weighted by atomic mass is 10.0. The van der Waals surface area contributed by atoms with Crippen molar-refractivity contribution in [3.05, 3.63) is 106 Å². The average molecular weight is 425 g/mol. The Hall–Kier alpha value is -3.51. The van der Waals surface area contributed by atoms with E-state index in [4.69, 9.17) is 11.6 Å². The van der Waals surface area contributed by atoms with Crippen LogP contribution in [0.1, 0.15) is 11.1 Å². The molecule has 4 nitrogen and oxygen atoms in total. The maximum atomic E-state index is 13.6. The first-order valence-electron chi connectivity index (χ1n) is 9.06. The number of imide groups is 1. The van der Waals surface area contributed by atoms with Crippen molar-refractivity contribution in [2.75, 3.05) is 5.32 Å². The SMILES string of the molecule is O=C1C(Nc2cccc(F)c2)=C(c2ccc(F)cc2)C(=O)N1Cc1ccccc1Cl. The van der Waals surface area contributed by atoms with Crippen LogP contribution in [0.4, 0.5) is 14.5 Å². The third kappa shape index (κ3) is 3.82. The number of carbonyl (C=O) groups excluding carboxylic acids is 2. The largest absolute Gasteiger partial charge is 0.350 e. The Morgan fingerprint density at radius 3 is 2.27 bits per heavy atom. The first kappa shape index (κ1) is 19.8. The summed E-state index contributed by atoms with van der Waals surface area (Å²) in [4.78, 5) is 27.4. The van der Waals surface area contributed by atoms with Gasteiger partial charge in [0.1, 0.15) is 17.3 Å². The highest BCUT2D eigenvalue weighted by Crippen LogP contribution is 2.32. The molecule has 0 atom stereocenters. The van der Waals surface area contributed by atoms with Crippen molar-refractivity contribution < 1.29 is 18.4 Å². The number of rotatable bonds is 5. The van der Waals surface area contributed by atoms with E-state index in [1.54, 1.807) is 30.3 Å². The van der Waals surface area contributed by atoms with Crippen LogP contribution in [0.5, 0.6) is 0 Å². The minimum absolute atomic E-state index is 0.00994. The molecule has 0 saturated heterocycles. The summed E-state index contributed by atoms with van der Waals surface area (Å²) in [7, 11) is 0. The van der Waals surface area contributed by atoms with E-state index < -0.39 is 23.4 Å². The normalized spacial score (nSPS) is 13.9. The maximum absolute atomic E-state index is 13.6. The number of carbonyl (C=O) groups is 2. The standard InChI is InChI=1S/C23H15ClF2N2O2/c24-19-7-2-1-4-15(19)13-28-22(29)20(14-8-10-16(25)11-9-14)21(23(28)30)27-18-6-3-5-17(26)12-18/h1-12,27H,13H2. The Morgan fingerprint density at radius 1 is 0.833 bits per heavy atom. The van der Waals surface area contributed by atoms with E-state index in [1.165, 1.54) is 42.5 Å². The van der Waals surface area contributed by atoms with Crippen LogP contribution in [0.25, 0.3) is 5.57 Å². The van der Waals surface area contributed by atoms with Crippen LogP contribution < -0.4 is 5.32 Å². The van der Waals surface area contributed by atoms with Crippen LogP contribution in [-0.2, 0) is 16.1 Å². The van der Waals surface area contributed by atoms with Gasteiger partial charge in [0.05, 0.1) is 12.1 Å². The predicted molar refractivity (Wildman–Crippen MR) is 110 cm³/mol. The molecule has 0 unspecified atom stereocenters. The first-order chi connectivity index (χ1) is 14.4. The zero-order valence-electron chi connectivity index (χ0n) is 15.5. The summed E-state index contributed by atoms with van der Waals surface area (Å²) in [6.45, 7) is -0.0314. The average Bonchev–Trinajstić information content (AvgIpc) is 2.95. The second kappa shape index (κ2) is 8.08. The number of hydrogen-bond donors (Lipinski definition) is 1. The maximum Gasteiger partial charge on any atom is 0.278 e. The summed E-state index contributed by atoms with van der Waals surface area (Å²) in [5, 5.41) is 3.28. The van der Waals surface area contributed by atoms with Gasteiger partial charge in [-0.3, -0.25) is 14.5 Å². The van der Waals surface area contributed by atoms with E-state index in [-0.39, 0.29) is 17.8 Å². The van der Waals surface area contributed by atoms with Gasteiger partial charge in [0, 0.05) is 10.7 Å². The monoisotopic (exact) mass is 424 g/mol. The van der Waals surface area contributed by atoms with E-state index in [0.29, 0.717) is 21.8 Å². The van der Waals surface area contributed by atoms with Gasteiger partial charge in [-0.15, -0.1) is 0 Å². The lowest BCUT2D eigenvalue weighted by Crippen LogP contribution is -2.32. The highest BCUT2D eigenvalue weighted by molar-refractivity contribution is 6.36. The van der Waals surface area contributed by atoms with Crippen LogP contribution >= 0.6 is 11.6 Å².